The van der Waals surface area contributed by atoms with Gasteiger partial charge in [-0.05, 0) is 39.1 Å². The number of ether oxygens (including phenoxy) is 1. The zero-order valence-corrected chi connectivity index (χ0v) is 14.5. The maximum absolute atomic E-state index is 12.6. The molecule has 22 heavy (non-hydrogen) atoms. The van der Waals surface area contributed by atoms with Crippen molar-refractivity contribution in [2.24, 2.45) is 0 Å². The third-order valence-corrected chi connectivity index (χ3v) is 3.85. The molecule has 1 rings (SSSR count). The van der Waals surface area contributed by atoms with Gasteiger partial charge in [0.2, 0.25) is 5.91 Å². The van der Waals surface area contributed by atoms with E-state index in [9.17, 15) is 4.79 Å². The Morgan fingerprint density at radius 1 is 1.05 bits per heavy atom. The summed E-state index contributed by atoms with van der Waals surface area (Å²) in [6, 6.07) is 8.11. The van der Waals surface area contributed by atoms with Crippen LogP contribution in [0.25, 0.3) is 0 Å². The van der Waals surface area contributed by atoms with E-state index >= 15 is 0 Å². The highest BCUT2D eigenvalue weighted by molar-refractivity contribution is 5.93. The van der Waals surface area contributed by atoms with Crippen LogP contribution in [0.3, 0.4) is 0 Å². The number of hydrogen-bond acceptors (Lipinski definition) is 3. The summed E-state index contributed by atoms with van der Waals surface area (Å²) in [5.74, 6) is 0.162. The SMILES string of the molecule is CCOCCN(C(=O)CCN(CC)CC)c1ccc(C)cc1. The van der Waals surface area contributed by atoms with Crippen LogP contribution < -0.4 is 4.90 Å². The summed E-state index contributed by atoms with van der Waals surface area (Å²) in [4.78, 5) is 16.7. The van der Waals surface area contributed by atoms with Gasteiger partial charge < -0.3 is 14.5 Å². The maximum Gasteiger partial charge on any atom is 0.228 e. The number of amides is 1. The van der Waals surface area contributed by atoms with Crippen molar-refractivity contribution in [2.45, 2.75) is 34.1 Å². The number of benzene rings is 1. The molecule has 0 bridgehead atoms. The first-order chi connectivity index (χ1) is 10.6. The molecular weight excluding hydrogens is 276 g/mol. The zero-order valence-electron chi connectivity index (χ0n) is 14.5. The fraction of sp³-hybridized carbons (Fsp3) is 0.611. The first kappa shape index (κ1) is 18.7. The fourth-order valence-electron chi connectivity index (χ4n) is 2.35. The van der Waals surface area contributed by atoms with Gasteiger partial charge in [0, 0.05) is 31.8 Å². The van der Waals surface area contributed by atoms with E-state index in [4.69, 9.17) is 4.74 Å². The van der Waals surface area contributed by atoms with Gasteiger partial charge in [-0.25, -0.2) is 0 Å². The molecule has 0 N–H and O–H groups in total. The van der Waals surface area contributed by atoms with Gasteiger partial charge >= 0.3 is 0 Å². The standard InChI is InChI=1S/C18H30N2O2/c1-5-19(6-2)13-12-18(21)20(14-15-22-7-3)17-10-8-16(4)9-11-17/h8-11H,5-7,12-15H2,1-4H3. The average Bonchev–Trinajstić information content (AvgIpc) is 2.53. The van der Waals surface area contributed by atoms with Gasteiger partial charge in [-0.1, -0.05) is 31.5 Å². The van der Waals surface area contributed by atoms with Crippen LogP contribution in [0.5, 0.6) is 0 Å². The van der Waals surface area contributed by atoms with E-state index in [2.05, 4.69) is 25.7 Å². The predicted molar refractivity (Wildman–Crippen MR) is 92.4 cm³/mol. The van der Waals surface area contributed by atoms with E-state index in [-0.39, 0.29) is 5.91 Å². The van der Waals surface area contributed by atoms with Gasteiger partial charge in [0.05, 0.1) is 6.61 Å². The summed E-state index contributed by atoms with van der Waals surface area (Å²) < 4.78 is 5.42. The topological polar surface area (TPSA) is 32.8 Å². The number of anilines is 1. The number of carbonyl (C=O) groups excluding carboxylic acids is 1. The molecule has 0 saturated heterocycles. The van der Waals surface area contributed by atoms with Crippen LogP contribution in [0.1, 0.15) is 32.8 Å². The van der Waals surface area contributed by atoms with Crippen LogP contribution in [0.4, 0.5) is 5.69 Å². The third kappa shape index (κ3) is 6.16. The fourth-order valence-corrected chi connectivity index (χ4v) is 2.35. The highest BCUT2D eigenvalue weighted by atomic mass is 16.5. The number of rotatable bonds is 10. The Balaban J connectivity index is 2.71. The minimum atomic E-state index is 0.162. The van der Waals surface area contributed by atoms with Gasteiger partial charge in [0.15, 0.2) is 0 Å². The largest absolute Gasteiger partial charge is 0.380 e. The highest BCUT2D eigenvalue weighted by Gasteiger charge is 2.16. The van der Waals surface area contributed by atoms with E-state index in [1.54, 1.807) is 0 Å². The van der Waals surface area contributed by atoms with Gasteiger partial charge in [-0.15, -0.1) is 0 Å². The van der Waals surface area contributed by atoms with Crippen LogP contribution in [-0.2, 0) is 9.53 Å². The van der Waals surface area contributed by atoms with Gasteiger partial charge in [-0.3, -0.25) is 4.79 Å². The number of aryl methyl sites for hydroxylation is 1. The molecule has 0 fully saturated rings. The molecule has 4 heteroatoms. The molecule has 0 unspecified atom stereocenters. The Bertz CT molecular complexity index is 427. The zero-order chi connectivity index (χ0) is 16.4. The van der Waals surface area contributed by atoms with Crippen LogP contribution in [0.2, 0.25) is 0 Å². The van der Waals surface area contributed by atoms with Crippen LogP contribution in [-0.4, -0.2) is 50.2 Å². The first-order valence-electron chi connectivity index (χ1n) is 8.29. The summed E-state index contributed by atoms with van der Waals surface area (Å²) in [6.45, 7) is 12.9. The maximum atomic E-state index is 12.6. The Labute approximate surface area is 135 Å². The van der Waals surface area contributed by atoms with Crippen molar-refractivity contribution in [3.05, 3.63) is 29.8 Å². The van der Waals surface area contributed by atoms with Gasteiger partial charge in [0.25, 0.3) is 0 Å². The molecule has 0 aliphatic rings. The smallest absolute Gasteiger partial charge is 0.228 e. The molecule has 0 radical (unpaired) electrons. The molecule has 1 aromatic rings. The normalized spacial score (nSPS) is 11.0. The Morgan fingerprint density at radius 3 is 2.23 bits per heavy atom. The molecule has 0 atom stereocenters. The molecule has 0 aliphatic carbocycles. The summed E-state index contributed by atoms with van der Waals surface area (Å²) in [5.41, 5.74) is 2.15. The highest BCUT2D eigenvalue weighted by Crippen LogP contribution is 2.16. The summed E-state index contributed by atoms with van der Waals surface area (Å²) in [7, 11) is 0. The second-order valence-corrected chi connectivity index (χ2v) is 5.35. The predicted octanol–water partition coefficient (Wildman–Crippen LogP) is 3.10. The van der Waals surface area contributed by atoms with Gasteiger partial charge in [0.1, 0.15) is 0 Å². The molecule has 0 aromatic heterocycles. The van der Waals surface area contributed by atoms with E-state index in [1.165, 1.54) is 5.56 Å². The van der Waals surface area contributed by atoms with Crippen molar-refractivity contribution in [1.82, 2.24) is 4.90 Å². The molecular formula is C18H30N2O2. The molecule has 4 nitrogen and oxygen atoms in total. The molecule has 0 aliphatic heterocycles. The lowest BCUT2D eigenvalue weighted by Gasteiger charge is -2.25. The lowest BCUT2D eigenvalue weighted by atomic mass is 10.2. The minimum absolute atomic E-state index is 0.162. The van der Waals surface area contributed by atoms with E-state index in [1.807, 2.05) is 36.1 Å². The second kappa shape index (κ2) is 10.4. The number of hydrogen-bond donors (Lipinski definition) is 0. The Kier molecular flexibility index (Phi) is 8.78. The first-order valence-corrected chi connectivity index (χ1v) is 8.29. The lowest BCUT2D eigenvalue weighted by molar-refractivity contribution is -0.119. The summed E-state index contributed by atoms with van der Waals surface area (Å²) >= 11 is 0. The molecule has 0 saturated carbocycles. The third-order valence-electron chi connectivity index (χ3n) is 3.85. The quantitative estimate of drug-likeness (QED) is 0.623. The van der Waals surface area contributed by atoms with Crippen molar-refractivity contribution in [3.63, 3.8) is 0 Å². The van der Waals surface area contributed by atoms with Crippen LogP contribution in [0.15, 0.2) is 24.3 Å². The molecule has 124 valence electrons. The van der Waals surface area contributed by atoms with Crippen LogP contribution in [0, 0.1) is 6.92 Å². The van der Waals surface area contributed by atoms with Crippen molar-refractivity contribution >= 4 is 11.6 Å². The molecule has 1 aromatic carbocycles. The number of carbonyl (C=O) groups is 1. The molecule has 1 amide bonds. The van der Waals surface area contributed by atoms with Gasteiger partial charge in [-0.2, -0.15) is 0 Å². The monoisotopic (exact) mass is 306 g/mol. The van der Waals surface area contributed by atoms with Crippen molar-refractivity contribution < 1.29 is 9.53 Å². The van der Waals surface area contributed by atoms with Crippen molar-refractivity contribution in [2.75, 3.05) is 44.3 Å². The van der Waals surface area contributed by atoms with E-state index in [0.29, 0.717) is 26.2 Å². The van der Waals surface area contributed by atoms with Crippen molar-refractivity contribution in [1.29, 1.82) is 0 Å². The summed E-state index contributed by atoms with van der Waals surface area (Å²) in [6.07, 6.45) is 0.543. The second-order valence-electron chi connectivity index (χ2n) is 5.35. The van der Waals surface area contributed by atoms with E-state index < -0.39 is 0 Å². The van der Waals surface area contributed by atoms with E-state index in [0.717, 1.165) is 25.3 Å². The Morgan fingerprint density at radius 2 is 1.68 bits per heavy atom. The van der Waals surface area contributed by atoms with Crippen LogP contribution >= 0.6 is 0 Å². The average molecular weight is 306 g/mol. The number of nitrogens with zero attached hydrogens (tertiary/aromatic N) is 2. The summed E-state index contributed by atoms with van der Waals surface area (Å²) in [5, 5.41) is 0. The lowest BCUT2D eigenvalue weighted by Crippen LogP contribution is -2.36. The Hall–Kier alpha value is -1.39. The molecule has 0 spiro atoms. The minimum Gasteiger partial charge on any atom is -0.380 e. The van der Waals surface area contributed by atoms with Crippen molar-refractivity contribution in [3.8, 4) is 0 Å². The molecule has 0 heterocycles.